The van der Waals surface area contributed by atoms with E-state index in [2.05, 4.69) is 14.8 Å². The maximum Gasteiger partial charge on any atom is 0.354 e. The average molecular weight is 434 g/mol. The van der Waals surface area contributed by atoms with Crippen LogP contribution in [0.25, 0.3) is 0 Å². The van der Waals surface area contributed by atoms with Crippen LogP contribution in [0.4, 0.5) is 14.9 Å². The van der Waals surface area contributed by atoms with Crippen molar-refractivity contribution in [3.8, 4) is 5.88 Å². The van der Waals surface area contributed by atoms with E-state index in [1.165, 1.54) is 6.20 Å². The standard InChI is InChI=1S/C20H24FN5O3S/c1-11-6-7-14-16(11)18(13-5-2-4-12(13)17(14)21)24-20(27)25-30(22,28)15-10-23-26-8-3-9-29-19(15)26/h10-11H,2-9H2,1H3,(H3,22,24,25,27,28)/t11-,30-/m1/s1. The molecule has 1 aromatic carbocycles. The van der Waals surface area contributed by atoms with Crippen molar-refractivity contribution in [1.82, 2.24) is 9.78 Å². The second kappa shape index (κ2) is 7.05. The summed E-state index contributed by atoms with van der Waals surface area (Å²) in [5, 5.41) is 12.9. The number of carbonyl (C=O) groups excluding carboxylic acids is 1. The van der Waals surface area contributed by atoms with E-state index in [-0.39, 0.29) is 16.6 Å². The minimum atomic E-state index is -3.55. The number of nitrogens with one attached hydrogen (secondary N) is 1. The molecule has 0 unspecified atom stereocenters. The Hall–Kier alpha value is -2.46. The first-order valence-corrected chi connectivity index (χ1v) is 11.8. The molecule has 30 heavy (non-hydrogen) atoms. The van der Waals surface area contributed by atoms with Gasteiger partial charge in [0.2, 0.25) is 5.88 Å². The molecule has 0 saturated heterocycles. The Labute approximate surface area is 174 Å². The summed E-state index contributed by atoms with van der Waals surface area (Å²) in [4.78, 5) is 12.9. The maximum atomic E-state index is 15.0. The molecule has 5 rings (SSSR count). The van der Waals surface area contributed by atoms with Crippen LogP contribution in [0, 0.1) is 5.82 Å². The number of ether oxygens (including phenoxy) is 1. The van der Waals surface area contributed by atoms with E-state index in [9.17, 15) is 13.4 Å². The minimum Gasteiger partial charge on any atom is -0.477 e. The van der Waals surface area contributed by atoms with Gasteiger partial charge in [0.1, 0.15) is 10.7 Å². The Morgan fingerprint density at radius 2 is 2.13 bits per heavy atom. The van der Waals surface area contributed by atoms with Gasteiger partial charge in [0.15, 0.2) is 9.92 Å². The molecular weight excluding hydrogens is 409 g/mol. The largest absolute Gasteiger partial charge is 0.477 e. The van der Waals surface area contributed by atoms with Crippen LogP contribution in [-0.2, 0) is 35.7 Å². The van der Waals surface area contributed by atoms with Crippen molar-refractivity contribution in [2.45, 2.75) is 62.8 Å². The van der Waals surface area contributed by atoms with E-state index in [1.807, 2.05) is 6.92 Å². The Morgan fingerprint density at radius 3 is 2.97 bits per heavy atom. The van der Waals surface area contributed by atoms with E-state index in [1.54, 1.807) is 4.68 Å². The third kappa shape index (κ3) is 3.01. The lowest BCUT2D eigenvalue weighted by Crippen LogP contribution is -2.21. The quantitative estimate of drug-likeness (QED) is 0.757. The van der Waals surface area contributed by atoms with E-state index in [4.69, 9.17) is 9.88 Å². The number of benzene rings is 1. The molecule has 2 heterocycles. The van der Waals surface area contributed by atoms with Gasteiger partial charge >= 0.3 is 6.03 Å². The summed E-state index contributed by atoms with van der Waals surface area (Å²) < 4.78 is 38.9. The molecule has 0 spiro atoms. The van der Waals surface area contributed by atoms with Gasteiger partial charge in [0, 0.05) is 18.7 Å². The molecular formula is C20H24FN5O3S. The van der Waals surface area contributed by atoms with Crippen LogP contribution < -0.4 is 15.2 Å². The molecule has 2 atom stereocenters. The molecule has 160 valence electrons. The molecule has 8 nitrogen and oxygen atoms in total. The Kier molecular flexibility index (Phi) is 4.59. The summed E-state index contributed by atoms with van der Waals surface area (Å²) in [7, 11) is -3.55. The first-order chi connectivity index (χ1) is 14.4. The van der Waals surface area contributed by atoms with Gasteiger partial charge in [-0.2, -0.15) is 5.10 Å². The second-order valence-corrected chi connectivity index (χ2v) is 9.92. The Balaban J connectivity index is 1.53. The molecule has 2 aromatic rings. The lowest BCUT2D eigenvalue weighted by molar-refractivity contribution is 0.224. The number of hydrogen-bond donors (Lipinski definition) is 2. The van der Waals surface area contributed by atoms with Gasteiger partial charge in [-0.05, 0) is 60.3 Å². The van der Waals surface area contributed by atoms with Gasteiger partial charge in [0.05, 0.1) is 12.8 Å². The van der Waals surface area contributed by atoms with Crippen molar-refractivity contribution in [2.24, 2.45) is 9.50 Å². The number of aryl methyl sites for hydroxylation is 1. The molecule has 0 saturated carbocycles. The number of halogens is 1. The highest BCUT2D eigenvalue weighted by molar-refractivity contribution is 7.91. The first kappa shape index (κ1) is 19.5. The molecule has 3 N–H and O–H groups in total. The van der Waals surface area contributed by atoms with E-state index in [0.717, 1.165) is 30.4 Å². The van der Waals surface area contributed by atoms with Crippen LogP contribution in [0.5, 0.6) is 5.88 Å². The molecule has 0 bridgehead atoms. The molecule has 0 fully saturated rings. The third-order valence-corrected chi connectivity index (χ3v) is 7.59. The number of aromatic nitrogens is 2. The highest BCUT2D eigenvalue weighted by Gasteiger charge is 2.33. The molecule has 3 aliphatic rings. The van der Waals surface area contributed by atoms with Crippen LogP contribution >= 0.6 is 0 Å². The molecule has 1 aromatic heterocycles. The maximum absolute atomic E-state index is 15.0. The fourth-order valence-electron chi connectivity index (χ4n) is 4.86. The van der Waals surface area contributed by atoms with Crippen LogP contribution in [0.15, 0.2) is 15.5 Å². The van der Waals surface area contributed by atoms with Crippen molar-refractivity contribution >= 4 is 21.6 Å². The summed E-state index contributed by atoms with van der Waals surface area (Å²) in [6, 6.07) is -0.805. The summed E-state index contributed by atoms with van der Waals surface area (Å²) in [6.07, 6.45) is 5.83. The van der Waals surface area contributed by atoms with Crippen LogP contribution in [0.3, 0.4) is 0 Å². The van der Waals surface area contributed by atoms with Crippen molar-refractivity contribution in [3.05, 3.63) is 34.3 Å². The number of amides is 2. The number of nitrogens with two attached hydrogens (primary N) is 1. The SMILES string of the molecule is C[C@@H]1CCc2c(F)c3c(c(NC(=O)N=[S@@](N)(=O)c4cnn5c4OCCC5)c21)CCC3. The van der Waals surface area contributed by atoms with Gasteiger partial charge < -0.3 is 10.1 Å². The summed E-state index contributed by atoms with van der Waals surface area (Å²) in [5.74, 6) is 0.305. The monoisotopic (exact) mass is 433 g/mol. The Morgan fingerprint density at radius 1 is 1.33 bits per heavy atom. The zero-order chi connectivity index (χ0) is 21.0. The molecule has 10 heteroatoms. The summed E-state index contributed by atoms with van der Waals surface area (Å²) in [5.41, 5.74) is 3.67. The van der Waals surface area contributed by atoms with E-state index < -0.39 is 15.9 Å². The van der Waals surface area contributed by atoms with Crippen LogP contribution in [0.2, 0.25) is 0 Å². The molecule has 0 radical (unpaired) electrons. The van der Waals surface area contributed by atoms with Crippen molar-refractivity contribution in [1.29, 1.82) is 0 Å². The predicted octanol–water partition coefficient (Wildman–Crippen LogP) is 3.28. The summed E-state index contributed by atoms with van der Waals surface area (Å²) >= 11 is 0. The smallest absolute Gasteiger partial charge is 0.354 e. The van der Waals surface area contributed by atoms with Gasteiger partial charge in [0.25, 0.3) is 0 Å². The van der Waals surface area contributed by atoms with Crippen molar-refractivity contribution < 1.29 is 18.1 Å². The topological polar surface area (TPSA) is 112 Å². The highest BCUT2D eigenvalue weighted by atomic mass is 32.2. The minimum absolute atomic E-state index is 0.111. The summed E-state index contributed by atoms with van der Waals surface area (Å²) in [6.45, 7) is 3.12. The first-order valence-electron chi connectivity index (χ1n) is 10.3. The van der Waals surface area contributed by atoms with Crippen LogP contribution in [0.1, 0.15) is 54.4 Å². The van der Waals surface area contributed by atoms with Gasteiger partial charge in [-0.25, -0.2) is 23.2 Å². The number of anilines is 1. The number of carbonyl (C=O) groups is 1. The van der Waals surface area contributed by atoms with Gasteiger partial charge in [-0.15, -0.1) is 4.36 Å². The normalized spacial score (nSPS) is 21.2. The lowest BCUT2D eigenvalue weighted by atomic mass is 9.94. The predicted molar refractivity (Wildman–Crippen MR) is 110 cm³/mol. The average Bonchev–Trinajstić information content (AvgIpc) is 3.43. The van der Waals surface area contributed by atoms with Crippen molar-refractivity contribution in [2.75, 3.05) is 11.9 Å². The highest BCUT2D eigenvalue weighted by Crippen LogP contribution is 2.45. The Bertz CT molecular complexity index is 1180. The van der Waals surface area contributed by atoms with Crippen molar-refractivity contribution in [3.63, 3.8) is 0 Å². The zero-order valence-electron chi connectivity index (χ0n) is 16.7. The lowest BCUT2D eigenvalue weighted by Gasteiger charge is -2.19. The molecule has 2 amide bonds. The van der Waals surface area contributed by atoms with Gasteiger partial charge in [-0.1, -0.05) is 6.92 Å². The molecule has 2 aliphatic carbocycles. The number of rotatable bonds is 2. The fraction of sp³-hybridized carbons (Fsp3) is 0.500. The van der Waals surface area contributed by atoms with Crippen LogP contribution in [-0.4, -0.2) is 26.6 Å². The number of nitrogens with zero attached hydrogens (tertiary/aromatic N) is 3. The number of urea groups is 1. The number of fused-ring (bicyclic) bond motifs is 3. The van der Waals surface area contributed by atoms with Gasteiger partial charge in [-0.3, -0.25) is 0 Å². The van der Waals surface area contributed by atoms with E-state index in [0.29, 0.717) is 55.1 Å². The third-order valence-electron chi connectivity index (χ3n) is 6.24. The van der Waals surface area contributed by atoms with E-state index >= 15 is 0 Å². The fourth-order valence-corrected chi connectivity index (χ4v) is 5.86. The second-order valence-electron chi connectivity index (χ2n) is 8.16. The number of hydrogen-bond acceptors (Lipinski definition) is 4. The zero-order valence-corrected chi connectivity index (χ0v) is 17.6. The molecule has 1 aliphatic heterocycles.